The number of hydrogen-bond acceptors (Lipinski definition) is 3. The number of hydrogen-bond donors (Lipinski definition) is 1. The van der Waals surface area contributed by atoms with Crippen LogP contribution in [-0.2, 0) is 9.53 Å². The quantitative estimate of drug-likeness (QED) is 0.712. The molecular weight excluding hydrogens is 204 g/mol. The molecule has 0 radical (unpaired) electrons. The monoisotopic (exact) mass is 226 g/mol. The summed E-state index contributed by atoms with van der Waals surface area (Å²) in [7, 11) is 0. The van der Waals surface area contributed by atoms with Gasteiger partial charge in [-0.25, -0.2) is 0 Å². The number of ether oxygens (including phenoxy) is 1. The Hall–Kier alpha value is -0.610. The highest BCUT2D eigenvalue weighted by Crippen LogP contribution is 2.24. The predicted octanol–water partition coefficient (Wildman–Crippen LogP) is 0.620. The third kappa shape index (κ3) is 2.09. The molecule has 4 nitrogen and oxygen atoms in total. The first-order chi connectivity index (χ1) is 7.61. The second-order valence-electron chi connectivity index (χ2n) is 5.05. The molecule has 2 fully saturated rings. The molecule has 0 saturated carbocycles. The lowest BCUT2D eigenvalue weighted by Crippen LogP contribution is -2.57. The fraction of sp³-hybridized carbons (Fsp3) is 0.917. The minimum Gasteiger partial charge on any atom is -0.375 e. The minimum absolute atomic E-state index is 0.00986. The fourth-order valence-corrected chi connectivity index (χ4v) is 2.59. The van der Waals surface area contributed by atoms with Gasteiger partial charge in [0.05, 0.1) is 12.7 Å². The summed E-state index contributed by atoms with van der Waals surface area (Å²) >= 11 is 0. The molecule has 0 spiro atoms. The second-order valence-corrected chi connectivity index (χ2v) is 5.05. The first kappa shape index (κ1) is 11.9. The van der Waals surface area contributed by atoms with E-state index in [-0.39, 0.29) is 18.1 Å². The highest BCUT2D eigenvalue weighted by molar-refractivity contribution is 5.83. The number of morpholine rings is 1. The van der Waals surface area contributed by atoms with Crippen molar-refractivity contribution in [1.82, 2.24) is 10.2 Å². The van der Waals surface area contributed by atoms with Gasteiger partial charge in [0.1, 0.15) is 6.04 Å². The van der Waals surface area contributed by atoms with Crippen molar-refractivity contribution >= 4 is 5.91 Å². The maximum Gasteiger partial charge on any atom is 0.242 e. The summed E-state index contributed by atoms with van der Waals surface area (Å²) in [6.07, 6.45) is 1.11. The SMILES string of the molecule is CC1CCN(C(=O)[C@H]2NCCO[C@@H]2C)C1C. The largest absolute Gasteiger partial charge is 0.375 e. The molecule has 2 aliphatic rings. The zero-order chi connectivity index (χ0) is 11.7. The maximum atomic E-state index is 12.4. The first-order valence-electron chi connectivity index (χ1n) is 6.26. The van der Waals surface area contributed by atoms with Gasteiger partial charge in [0.15, 0.2) is 0 Å². The van der Waals surface area contributed by atoms with E-state index >= 15 is 0 Å². The van der Waals surface area contributed by atoms with Gasteiger partial charge in [-0.1, -0.05) is 6.92 Å². The van der Waals surface area contributed by atoms with Crippen molar-refractivity contribution in [3.05, 3.63) is 0 Å². The van der Waals surface area contributed by atoms with Gasteiger partial charge in [-0.05, 0) is 26.2 Å². The van der Waals surface area contributed by atoms with Gasteiger partial charge in [0, 0.05) is 19.1 Å². The highest BCUT2D eigenvalue weighted by atomic mass is 16.5. The number of rotatable bonds is 1. The van der Waals surface area contributed by atoms with Crippen molar-refractivity contribution in [2.75, 3.05) is 19.7 Å². The van der Waals surface area contributed by atoms with Crippen molar-refractivity contribution in [3.8, 4) is 0 Å². The van der Waals surface area contributed by atoms with Gasteiger partial charge >= 0.3 is 0 Å². The molecular formula is C12H22N2O2. The summed E-state index contributed by atoms with van der Waals surface area (Å²) in [5, 5.41) is 3.26. The van der Waals surface area contributed by atoms with E-state index < -0.39 is 0 Å². The molecule has 2 aliphatic heterocycles. The third-order valence-electron chi connectivity index (χ3n) is 4.01. The van der Waals surface area contributed by atoms with Crippen molar-refractivity contribution in [3.63, 3.8) is 0 Å². The van der Waals surface area contributed by atoms with E-state index in [0.717, 1.165) is 19.5 Å². The van der Waals surface area contributed by atoms with E-state index in [1.54, 1.807) is 0 Å². The maximum absolute atomic E-state index is 12.4. The van der Waals surface area contributed by atoms with Crippen LogP contribution in [0, 0.1) is 5.92 Å². The number of carbonyl (C=O) groups is 1. The molecule has 2 rings (SSSR count). The molecule has 0 bridgehead atoms. The van der Waals surface area contributed by atoms with E-state index in [2.05, 4.69) is 19.2 Å². The topological polar surface area (TPSA) is 41.6 Å². The zero-order valence-corrected chi connectivity index (χ0v) is 10.4. The normalized spacial score (nSPS) is 40.1. The zero-order valence-electron chi connectivity index (χ0n) is 10.4. The van der Waals surface area contributed by atoms with Crippen molar-refractivity contribution < 1.29 is 9.53 Å². The van der Waals surface area contributed by atoms with Gasteiger partial charge in [-0.3, -0.25) is 4.79 Å². The standard InChI is InChI=1S/C12H22N2O2/c1-8-4-6-14(9(8)2)12(15)11-10(3)16-7-5-13-11/h8-11,13H,4-7H2,1-3H3/t8?,9?,10-,11+/m1/s1. The number of nitrogens with one attached hydrogen (secondary N) is 1. The Morgan fingerprint density at radius 2 is 2.12 bits per heavy atom. The Kier molecular flexibility index (Phi) is 3.50. The number of nitrogens with zero attached hydrogens (tertiary/aromatic N) is 1. The van der Waals surface area contributed by atoms with E-state index in [9.17, 15) is 4.79 Å². The van der Waals surface area contributed by atoms with Gasteiger partial charge in [-0.2, -0.15) is 0 Å². The Morgan fingerprint density at radius 3 is 2.69 bits per heavy atom. The van der Waals surface area contributed by atoms with Crippen LogP contribution in [0.5, 0.6) is 0 Å². The molecule has 4 heteroatoms. The van der Waals surface area contributed by atoms with Crippen LogP contribution in [0.3, 0.4) is 0 Å². The lowest BCUT2D eigenvalue weighted by molar-refractivity contribution is -0.140. The van der Waals surface area contributed by atoms with E-state index in [0.29, 0.717) is 18.6 Å². The van der Waals surface area contributed by atoms with Crippen molar-refractivity contribution in [2.45, 2.75) is 45.4 Å². The van der Waals surface area contributed by atoms with Crippen LogP contribution in [-0.4, -0.2) is 48.7 Å². The fourth-order valence-electron chi connectivity index (χ4n) is 2.59. The van der Waals surface area contributed by atoms with Crippen LogP contribution < -0.4 is 5.32 Å². The van der Waals surface area contributed by atoms with Crippen LogP contribution in [0.4, 0.5) is 0 Å². The van der Waals surface area contributed by atoms with Gasteiger partial charge in [-0.15, -0.1) is 0 Å². The van der Waals surface area contributed by atoms with Gasteiger partial charge < -0.3 is 15.0 Å². The molecule has 92 valence electrons. The van der Waals surface area contributed by atoms with Gasteiger partial charge in [0.2, 0.25) is 5.91 Å². The molecule has 1 amide bonds. The molecule has 0 aliphatic carbocycles. The third-order valence-corrected chi connectivity index (χ3v) is 4.01. The molecule has 2 heterocycles. The minimum atomic E-state index is -0.151. The molecule has 0 aromatic rings. The Bertz CT molecular complexity index is 264. The van der Waals surface area contributed by atoms with Crippen molar-refractivity contribution in [2.24, 2.45) is 5.92 Å². The average Bonchev–Trinajstić information content (AvgIpc) is 2.60. The Balaban J connectivity index is 2.01. The molecule has 0 aromatic carbocycles. The van der Waals surface area contributed by atoms with Crippen LogP contribution >= 0.6 is 0 Å². The molecule has 16 heavy (non-hydrogen) atoms. The molecule has 1 N–H and O–H groups in total. The van der Waals surface area contributed by atoms with Crippen LogP contribution in [0.15, 0.2) is 0 Å². The Labute approximate surface area is 97.3 Å². The number of carbonyl (C=O) groups excluding carboxylic acids is 1. The van der Waals surface area contributed by atoms with E-state index in [1.807, 2.05) is 11.8 Å². The molecule has 4 atom stereocenters. The lowest BCUT2D eigenvalue weighted by Gasteiger charge is -2.34. The number of likely N-dealkylation sites (tertiary alicyclic amines) is 1. The summed E-state index contributed by atoms with van der Waals surface area (Å²) in [6.45, 7) is 8.70. The summed E-state index contributed by atoms with van der Waals surface area (Å²) in [5.41, 5.74) is 0. The van der Waals surface area contributed by atoms with Crippen LogP contribution in [0.25, 0.3) is 0 Å². The van der Waals surface area contributed by atoms with Crippen molar-refractivity contribution in [1.29, 1.82) is 0 Å². The highest BCUT2D eigenvalue weighted by Gasteiger charge is 2.37. The van der Waals surface area contributed by atoms with Crippen LogP contribution in [0.1, 0.15) is 27.2 Å². The molecule has 2 saturated heterocycles. The molecule has 2 unspecified atom stereocenters. The first-order valence-corrected chi connectivity index (χ1v) is 6.26. The predicted molar refractivity (Wildman–Crippen MR) is 62.2 cm³/mol. The van der Waals surface area contributed by atoms with E-state index in [1.165, 1.54) is 0 Å². The summed E-state index contributed by atoms with van der Waals surface area (Å²) in [6, 6.07) is 0.213. The van der Waals surface area contributed by atoms with Crippen LogP contribution in [0.2, 0.25) is 0 Å². The molecule has 0 aromatic heterocycles. The smallest absolute Gasteiger partial charge is 0.242 e. The summed E-state index contributed by atoms with van der Waals surface area (Å²) in [4.78, 5) is 14.4. The lowest BCUT2D eigenvalue weighted by atomic mass is 10.0. The van der Waals surface area contributed by atoms with Gasteiger partial charge in [0.25, 0.3) is 0 Å². The average molecular weight is 226 g/mol. The second kappa shape index (κ2) is 4.72. The Morgan fingerprint density at radius 1 is 1.38 bits per heavy atom. The summed E-state index contributed by atoms with van der Waals surface area (Å²) < 4.78 is 5.52. The van der Waals surface area contributed by atoms with E-state index in [4.69, 9.17) is 4.74 Å². The number of amides is 1. The summed E-state index contributed by atoms with van der Waals surface area (Å²) in [5.74, 6) is 0.827.